The summed E-state index contributed by atoms with van der Waals surface area (Å²) in [6.45, 7) is 1.95. The molecule has 1 atom stereocenters. The highest BCUT2D eigenvalue weighted by molar-refractivity contribution is 6.30. The SMILES string of the molecule is COc1cccc(CC(NN)c2ccc(Cl)cc2C)c1F. The van der Waals surface area contributed by atoms with Gasteiger partial charge in [-0.05, 0) is 48.2 Å². The van der Waals surface area contributed by atoms with Gasteiger partial charge in [0.2, 0.25) is 0 Å². The summed E-state index contributed by atoms with van der Waals surface area (Å²) in [6.07, 6.45) is 0.419. The zero-order chi connectivity index (χ0) is 15.4. The first-order valence-corrected chi connectivity index (χ1v) is 6.98. The molecule has 0 saturated heterocycles. The molecule has 0 aliphatic heterocycles. The van der Waals surface area contributed by atoms with E-state index in [1.165, 1.54) is 7.11 Å². The van der Waals surface area contributed by atoms with Crippen LogP contribution in [0.5, 0.6) is 5.75 Å². The number of rotatable bonds is 5. The van der Waals surface area contributed by atoms with Gasteiger partial charge in [0, 0.05) is 5.02 Å². The van der Waals surface area contributed by atoms with Gasteiger partial charge in [-0.15, -0.1) is 0 Å². The smallest absolute Gasteiger partial charge is 0.168 e. The Morgan fingerprint density at radius 1 is 1.33 bits per heavy atom. The molecule has 0 amide bonds. The molecule has 2 aromatic rings. The van der Waals surface area contributed by atoms with E-state index in [9.17, 15) is 4.39 Å². The van der Waals surface area contributed by atoms with Gasteiger partial charge in [-0.1, -0.05) is 29.8 Å². The van der Waals surface area contributed by atoms with Crippen molar-refractivity contribution in [1.82, 2.24) is 5.43 Å². The summed E-state index contributed by atoms with van der Waals surface area (Å²) >= 11 is 5.96. The summed E-state index contributed by atoms with van der Waals surface area (Å²) in [5.41, 5.74) is 5.29. The maximum atomic E-state index is 14.2. The van der Waals surface area contributed by atoms with Crippen molar-refractivity contribution < 1.29 is 9.13 Å². The molecule has 0 saturated carbocycles. The molecule has 0 aromatic heterocycles. The van der Waals surface area contributed by atoms with Gasteiger partial charge in [-0.3, -0.25) is 11.3 Å². The molecule has 2 aromatic carbocycles. The molecule has 112 valence electrons. The van der Waals surface area contributed by atoms with E-state index in [0.717, 1.165) is 11.1 Å². The normalized spacial score (nSPS) is 12.2. The van der Waals surface area contributed by atoms with Crippen molar-refractivity contribution in [3.63, 3.8) is 0 Å². The number of methoxy groups -OCH3 is 1. The van der Waals surface area contributed by atoms with Crippen LogP contribution in [0.15, 0.2) is 36.4 Å². The standard InChI is InChI=1S/C16H18ClFN2O/c1-10-8-12(17)6-7-13(10)14(20-19)9-11-4-3-5-15(21-2)16(11)18/h3-8,14,20H,9,19H2,1-2H3. The maximum absolute atomic E-state index is 14.2. The van der Waals surface area contributed by atoms with Gasteiger partial charge in [-0.2, -0.15) is 0 Å². The molecule has 1 unspecified atom stereocenters. The van der Waals surface area contributed by atoms with E-state index in [-0.39, 0.29) is 17.6 Å². The first kappa shape index (κ1) is 15.8. The second-order valence-electron chi connectivity index (χ2n) is 4.86. The number of hydrogen-bond acceptors (Lipinski definition) is 3. The lowest BCUT2D eigenvalue weighted by Crippen LogP contribution is -2.30. The Kier molecular flexibility index (Phi) is 5.17. The lowest BCUT2D eigenvalue weighted by Gasteiger charge is -2.19. The third-order valence-electron chi connectivity index (χ3n) is 3.50. The van der Waals surface area contributed by atoms with E-state index in [1.54, 1.807) is 24.3 Å². The second kappa shape index (κ2) is 6.89. The molecule has 0 spiro atoms. The van der Waals surface area contributed by atoms with Crippen molar-refractivity contribution in [3.05, 3.63) is 63.9 Å². The summed E-state index contributed by atoms with van der Waals surface area (Å²) in [7, 11) is 1.45. The summed E-state index contributed by atoms with van der Waals surface area (Å²) < 4.78 is 19.2. The first-order valence-electron chi connectivity index (χ1n) is 6.60. The predicted molar refractivity (Wildman–Crippen MR) is 82.9 cm³/mol. The van der Waals surface area contributed by atoms with Crippen molar-refractivity contribution >= 4 is 11.6 Å². The van der Waals surface area contributed by atoms with Crippen LogP contribution in [0, 0.1) is 12.7 Å². The van der Waals surface area contributed by atoms with Crippen LogP contribution in [0.2, 0.25) is 5.02 Å². The molecule has 0 bridgehead atoms. The van der Waals surface area contributed by atoms with Crippen LogP contribution in [0.4, 0.5) is 4.39 Å². The highest BCUT2D eigenvalue weighted by atomic mass is 35.5. The van der Waals surface area contributed by atoms with E-state index < -0.39 is 0 Å². The Bertz CT molecular complexity index is 634. The predicted octanol–water partition coefficient (Wildman–Crippen LogP) is 3.54. The maximum Gasteiger partial charge on any atom is 0.168 e. The van der Waals surface area contributed by atoms with Gasteiger partial charge >= 0.3 is 0 Å². The zero-order valence-electron chi connectivity index (χ0n) is 12.0. The third-order valence-corrected chi connectivity index (χ3v) is 3.73. The van der Waals surface area contributed by atoms with Crippen LogP contribution in [0.25, 0.3) is 0 Å². The minimum atomic E-state index is -0.355. The Hall–Kier alpha value is -1.62. The van der Waals surface area contributed by atoms with Gasteiger partial charge in [0.15, 0.2) is 11.6 Å². The Balaban J connectivity index is 2.31. The Morgan fingerprint density at radius 2 is 2.10 bits per heavy atom. The summed E-state index contributed by atoms with van der Waals surface area (Å²) in [5.74, 6) is 5.52. The van der Waals surface area contributed by atoms with E-state index in [1.807, 2.05) is 19.1 Å². The van der Waals surface area contributed by atoms with E-state index in [0.29, 0.717) is 17.0 Å². The monoisotopic (exact) mass is 308 g/mol. The number of nitrogens with two attached hydrogens (primary N) is 1. The molecule has 0 fully saturated rings. The fraction of sp³-hybridized carbons (Fsp3) is 0.250. The first-order chi connectivity index (χ1) is 10.1. The lowest BCUT2D eigenvalue weighted by atomic mass is 9.95. The third kappa shape index (κ3) is 3.53. The van der Waals surface area contributed by atoms with Crippen LogP contribution in [0.1, 0.15) is 22.7 Å². The van der Waals surface area contributed by atoms with Crippen LogP contribution < -0.4 is 16.0 Å². The van der Waals surface area contributed by atoms with Gasteiger partial charge < -0.3 is 4.74 Å². The molecule has 3 N–H and O–H groups in total. The number of benzene rings is 2. The van der Waals surface area contributed by atoms with Crippen LogP contribution in [-0.4, -0.2) is 7.11 Å². The Morgan fingerprint density at radius 3 is 2.71 bits per heavy atom. The minimum Gasteiger partial charge on any atom is -0.494 e. The highest BCUT2D eigenvalue weighted by Crippen LogP contribution is 2.27. The Labute approximate surface area is 128 Å². The van der Waals surface area contributed by atoms with Gasteiger partial charge in [0.1, 0.15) is 0 Å². The van der Waals surface area contributed by atoms with E-state index >= 15 is 0 Å². The average molecular weight is 309 g/mol. The van der Waals surface area contributed by atoms with Crippen molar-refractivity contribution in [1.29, 1.82) is 0 Å². The van der Waals surface area contributed by atoms with Crippen LogP contribution >= 0.6 is 11.6 Å². The zero-order valence-corrected chi connectivity index (χ0v) is 12.7. The second-order valence-corrected chi connectivity index (χ2v) is 5.29. The molecule has 0 radical (unpaired) electrons. The van der Waals surface area contributed by atoms with Crippen LogP contribution in [-0.2, 0) is 6.42 Å². The van der Waals surface area contributed by atoms with Crippen molar-refractivity contribution in [3.8, 4) is 5.75 Å². The van der Waals surface area contributed by atoms with Crippen molar-refractivity contribution in [2.75, 3.05) is 7.11 Å². The van der Waals surface area contributed by atoms with Crippen molar-refractivity contribution in [2.45, 2.75) is 19.4 Å². The van der Waals surface area contributed by atoms with Gasteiger partial charge in [-0.25, -0.2) is 4.39 Å². The molecular weight excluding hydrogens is 291 g/mol. The number of halogens is 2. The largest absolute Gasteiger partial charge is 0.494 e. The molecule has 0 aliphatic rings. The lowest BCUT2D eigenvalue weighted by molar-refractivity contribution is 0.382. The summed E-state index contributed by atoms with van der Waals surface area (Å²) in [6, 6.07) is 10.5. The molecule has 21 heavy (non-hydrogen) atoms. The molecule has 0 aliphatic carbocycles. The topological polar surface area (TPSA) is 47.3 Å². The van der Waals surface area contributed by atoms with E-state index in [2.05, 4.69) is 5.43 Å². The van der Waals surface area contributed by atoms with Crippen molar-refractivity contribution in [2.24, 2.45) is 5.84 Å². The number of hydrogen-bond donors (Lipinski definition) is 2. The summed E-state index contributed by atoms with van der Waals surface area (Å²) in [4.78, 5) is 0. The molecular formula is C16H18ClFN2O. The summed E-state index contributed by atoms with van der Waals surface area (Å²) in [5, 5.41) is 0.666. The molecule has 2 rings (SSSR count). The van der Waals surface area contributed by atoms with Gasteiger partial charge in [0.25, 0.3) is 0 Å². The number of nitrogens with one attached hydrogen (secondary N) is 1. The fourth-order valence-electron chi connectivity index (χ4n) is 2.38. The molecule has 5 heteroatoms. The number of hydrazine groups is 1. The number of ether oxygens (including phenoxy) is 1. The minimum absolute atomic E-state index is 0.205. The van der Waals surface area contributed by atoms with Gasteiger partial charge in [0.05, 0.1) is 13.2 Å². The highest BCUT2D eigenvalue weighted by Gasteiger charge is 2.17. The number of aryl methyl sites for hydroxylation is 1. The van der Waals surface area contributed by atoms with Crippen LogP contribution in [0.3, 0.4) is 0 Å². The van der Waals surface area contributed by atoms with E-state index in [4.69, 9.17) is 22.2 Å². The fourth-order valence-corrected chi connectivity index (χ4v) is 2.61. The average Bonchev–Trinajstić information content (AvgIpc) is 2.47. The quantitative estimate of drug-likeness (QED) is 0.656. The molecule has 3 nitrogen and oxygen atoms in total. The molecule has 0 heterocycles.